The molecule has 13 unspecified atom stereocenters. The number of cyclic esters (lactones) is 1. The highest BCUT2D eigenvalue weighted by Crippen LogP contribution is 2.39. The molecule has 13 atom stereocenters. The van der Waals surface area contributed by atoms with Gasteiger partial charge < -0.3 is 44.5 Å². The number of nitrogens with one attached hydrogen (secondary N) is 1. The first-order valence-electron chi connectivity index (χ1n) is 19.6. The monoisotopic (exact) mass is 755 g/mol. The Hall–Kier alpha value is -2.97. The number of anilines is 1. The molecule has 3 aliphatic rings. The molecular weight excluding hydrogens is 690 g/mol. The van der Waals surface area contributed by atoms with Crippen LogP contribution in [0.5, 0.6) is 0 Å². The van der Waals surface area contributed by atoms with E-state index < -0.39 is 41.5 Å². The van der Waals surface area contributed by atoms with E-state index in [0.717, 1.165) is 30.8 Å². The van der Waals surface area contributed by atoms with Crippen molar-refractivity contribution in [3.63, 3.8) is 0 Å². The summed E-state index contributed by atoms with van der Waals surface area (Å²) in [7, 11) is 1.71. The van der Waals surface area contributed by atoms with Crippen molar-refractivity contribution in [2.24, 2.45) is 17.0 Å². The average Bonchev–Trinajstić information content (AvgIpc) is 3.90. The second-order valence-corrected chi connectivity index (χ2v) is 16.2. The second-order valence-electron chi connectivity index (χ2n) is 16.2. The molecule has 0 spiro atoms. The van der Waals surface area contributed by atoms with Crippen molar-refractivity contribution in [1.29, 1.82) is 0 Å². The fourth-order valence-electron chi connectivity index (χ4n) is 7.93. The molecule has 12 nitrogen and oxygen atoms in total. The quantitative estimate of drug-likeness (QED) is 0.0635. The number of methoxy groups -OCH3 is 1. The van der Waals surface area contributed by atoms with Crippen LogP contribution < -0.4 is 10.2 Å². The summed E-state index contributed by atoms with van der Waals surface area (Å²) in [5.74, 6) is -0.836. The van der Waals surface area contributed by atoms with E-state index in [1.165, 1.54) is 13.0 Å². The fraction of sp³-hybridized carbons (Fsp3) is 0.690. The molecule has 0 saturated carbocycles. The lowest BCUT2D eigenvalue weighted by molar-refractivity contribution is -0.151. The molecule has 54 heavy (non-hydrogen) atoms. The second kappa shape index (κ2) is 19.3. The lowest BCUT2D eigenvalue weighted by Crippen LogP contribution is -2.52. The highest BCUT2D eigenvalue weighted by atomic mass is 16.6. The molecule has 1 aromatic rings. The Kier molecular flexibility index (Phi) is 15.6. The van der Waals surface area contributed by atoms with Crippen molar-refractivity contribution in [3.05, 3.63) is 70.7 Å². The summed E-state index contributed by atoms with van der Waals surface area (Å²) in [6.07, 6.45) is 7.56. The van der Waals surface area contributed by atoms with Gasteiger partial charge in [-0.05, 0) is 77.2 Å². The van der Waals surface area contributed by atoms with Crippen molar-refractivity contribution >= 4 is 11.7 Å². The van der Waals surface area contributed by atoms with Gasteiger partial charge in [-0.1, -0.05) is 68.5 Å². The SMILES string of the molecule is CCC(OC)C(C)C1OC1C(NCc1ccc(N2CC(C)OC(C)C2)cc1)C(C)(O)C=CC=C(C)C1OC(=O)CC(O)CCC(C)(O)C(N=O)C=CC1C. The molecule has 0 aliphatic carbocycles. The van der Waals surface area contributed by atoms with E-state index >= 15 is 0 Å². The lowest BCUT2D eigenvalue weighted by atomic mass is 9.87. The van der Waals surface area contributed by atoms with E-state index in [1.807, 2.05) is 13.8 Å². The van der Waals surface area contributed by atoms with Gasteiger partial charge in [-0.3, -0.25) is 4.79 Å². The summed E-state index contributed by atoms with van der Waals surface area (Å²) in [4.78, 5) is 26.9. The Morgan fingerprint density at radius 3 is 2.43 bits per heavy atom. The van der Waals surface area contributed by atoms with Crippen LogP contribution in [-0.2, 0) is 30.3 Å². The van der Waals surface area contributed by atoms with Crippen LogP contribution in [0.3, 0.4) is 0 Å². The highest BCUT2D eigenvalue weighted by Gasteiger charge is 2.54. The van der Waals surface area contributed by atoms with E-state index in [2.05, 4.69) is 67.4 Å². The van der Waals surface area contributed by atoms with Crippen LogP contribution in [-0.4, -0.2) is 108 Å². The molecule has 4 N–H and O–H groups in total. The number of carbonyl (C=O) groups is 1. The van der Waals surface area contributed by atoms with E-state index in [0.29, 0.717) is 12.1 Å². The maximum Gasteiger partial charge on any atom is 0.309 e. The number of hydrogen-bond acceptors (Lipinski definition) is 12. The van der Waals surface area contributed by atoms with E-state index in [9.17, 15) is 25.0 Å². The predicted molar refractivity (Wildman–Crippen MR) is 210 cm³/mol. The molecule has 1 aromatic carbocycles. The number of esters is 1. The largest absolute Gasteiger partial charge is 0.457 e. The highest BCUT2D eigenvalue weighted by molar-refractivity contribution is 5.70. The first kappa shape index (κ1) is 43.8. The van der Waals surface area contributed by atoms with Crippen LogP contribution in [0.4, 0.5) is 5.69 Å². The standard InChI is InChI=1S/C42H65N3O9/c1-10-34(51-9)30(6)38-39(54-38)40(43-23-31-14-16-32(17-15-31)45-24-28(4)52-29(5)25-45)42(8,49)20-11-12-26(2)37-27(3)13-18-35(44-50)41(7,48)21-19-33(46)22-36(47)53-37/h11-18,20,27-30,33-35,37-40,43,46,48-49H,10,19,21-25H2,1-9H3. The molecular formula is C42H65N3O9. The van der Waals surface area contributed by atoms with Gasteiger partial charge in [-0.2, -0.15) is 4.91 Å². The van der Waals surface area contributed by atoms with Crippen LogP contribution in [0, 0.1) is 16.7 Å². The van der Waals surface area contributed by atoms with Crippen molar-refractivity contribution in [2.75, 3.05) is 25.1 Å². The summed E-state index contributed by atoms with van der Waals surface area (Å²) in [5.41, 5.74) is 0.0912. The molecule has 302 valence electrons. The number of aliphatic hydroxyl groups is 3. The molecule has 0 aromatic heterocycles. The van der Waals surface area contributed by atoms with Gasteiger partial charge >= 0.3 is 5.97 Å². The third-order valence-corrected chi connectivity index (χ3v) is 11.3. The summed E-state index contributed by atoms with van der Waals surface area (Å²) in [6.45, 7) is 17.5. The maximum absolute atomic E-state index is 12.9. The molecule has 4 rings (SSSR count). The fourth-order valence-corrected chi connectivity index (χ4v) is 7.93. The Morgan fingerprint density at radius 1 is 1.15 bits per heavy atom. The van der Waals surface area contributed by atoms with Crippen LogP contribution in [0.15, 0.2) is 65.4 Å². The number of ether oxygens (including phenoxy) is 4. The van der Waals surface area contributed by atoms with Crippen LogP contribution >= 0.6 is 0 Å². The van der Waals surface area contributed by atoms with Gasteiger partial charge in [0, 0.05) is 44.3 Å². The minimum atomic E-state index is -1.48. The normalized spacial score (nSPS) is 34.3. The van der Waals surface area contributed by atoms with Gasteiger partial charge in [0.05, 0.1) is 54.2 Å². The summed E-state index contributed by atoms with van der Waals surface area (Å²) >= 11 is 0. The number of benzene rings is 1. The summed E-state index contributed by atoms with van der Waals surface area (Å²) < 4.78 is 23.8. The molecule has 2 fully saturated rings. The Bertz CT molecular complexity index is 1450. The Balaban J connectivity index is 1.54. The number of hydrogen-bond donors (Lipinski definition) is 4. The topological polar surface area (TPSA) is 163 Å². The van der Waals surface area contributed by atoms with E-state index in [-0.39, 0.29) is 61.6 Å². The predicted octanol–water partition coefficient (Wildman–Crippen LogP) is 5.38. The smallest absolute Gasteiger partial charge is 0.309 e. The third kappa shape index (κ3) is 11.8. The van der Waals surface area contributed by atoms with Crippen molar-refractivity contribution in [2.45, 2.75) is 154 Å². The first-order valence-corrected chi connectivity index (χ1v) is 19.6. The van der Waals surface area contributed by atoms with E-state index in [4.69, 9.17) is 18.9 Å². The summed E-state index contributed by atoms with van der Waals surface area (Å²) in [6, 6.07) is 6.99. The Labute approximate surface area is 321 Å². The van der Waals surface area contributed by atoms with Crippen LogP contribution in [0.25, 0.3) is 0 Å². The first-order chi connectivity index (χ1) is 25.5. The number of nitroso groups, excluding NO2 is 1. The van der Waals surface area contributed by atoms with Crippen LogP contribution in [0.2, 0.25) is 0 Å². The van der Waals surface area contributed by atoms with Gasteiger partial charge in [0.2, 0.25) is 0 Å². The number of carbonyl (C=O) groups excluding carboxylic acids is 1. The van der Waals surface area contributed by atoms with Crippen molar-refractivity contribution in [1.82, 2.24) is 5.32 Å². The van der Waals surface area contributed by atoms with Crippen molar-refractivity contribution in [3.8, 4) is 0 Å². The van der Waals surface area contributed by atoms with E-state index in [1.54, 1.807) is 38.3 Å². The van der Waals surface area contributed by atoms with Gasteiger partial charge in [0.1, 0.15) is 18.2 Å². The van der Waals surface area contributed by atoms with Crippen LogP contribution in [0.1, 0.15) is 86.6 Å². The lowest BCUT2D eigenvalue weighted by Gasteiger charge is -2.37. The maximum atomic E-state index is 12.9. The minimum absolute atomic E-state index is 0.0272. The molecule has 3 heterocycles. The van der Waals surface area contributed by atoms with Gasteiger partial charge in [-0.25, -0.2) is 0 Å². The Morgan fingerprint density at radius 2 is 1.81 bits per heavy atom. The zero-order chi connectivity index (χ0) is 39.8. The van der Waals surface area contributed by atoms with Gasteiger partial charge in [0.15, 0.2) is 0 Å². The zero-order valence-corrected chi connectivity index (χ0v) is 33.7. The summed E-state index contributed by atoms with van der Waals surface area (Å²) in [5, 5.41) is 40.1. The molecule has 12 heteroatoms. The number of rotatable bonds is 14. The molecule has 0 amide bonds. The van der Waals surface area contributed by atoms with Gasteiger partial charge in [-0.15, -0.1) is 0 Å². The average molecular weight is 756 g/mol. The number of morpholine rings is 1. The molecule has 0 bridgehead atoms. The number of allylic oxidation sites excluding steroid dienone is 2. The third-order valence-electron chi connectivity index (χ3n) is 11.3. The van der Waals surface area contributed by atoms with Crippen molar-refractivity contribution < 1.29 is 39.1 Å². The molecule has 0 radical (unpaired) electrons. The number of epoxide rings is 1. The minimum Gasteiger partial charge on any atom is -0.457 e. The number of aliphatic hydroxyl groups excluding tert-OH is 1. The van der Waals surface area contributed by atoms with Gasteiger partial charge in [0.25, 0.3) is 0 Å². The number of nitrogens with zero attached hydrogens (tertiary/aromatic N) is 2. The molecule has 3 aliphatic heterocycles. The molecule has 2 saturated heterocycles. The zero-order valence-electron chi connectivity index (χ0n) is 33.7.